The number of hydrogen-bond donors (Lipinski definition) is 3. The van der Waals surface area contributed by atoms with Crippen LogP contribution in [0.4, 0.5) is 19.3 Å². The molecule has 2 aromatic carbocycles. The van der Waals surface area contributed by atoms with Gasteiger partial charge in [-0.1, -0.05) is 12.1 Å². The van der Waals surface area contributed by atoms with Crippen molar-refractivity contribution in [2.75, 3.05) is 37.6 Å². The lowest BCUT2D eigenvalue weighted by Gasteiger charge is -2.40. The van der Waals surface area contributed by atoms with Gasteiger partial charge in [0.05, 0.1) is 18.6 Å². The SMILES string of the molecule is O=C1N(c2ccc(C3CNNC3)cc2)CC2(CCNCC2)N1Cc1cc(F)ccc1F. The Morgan fingerprint density at radius 1 is 1.00 bits per heavy atom. The van der Waals surface area contributed by atoms with Crippen molar-refractivity contribution in [3.8, 4) is 0 Å². The molecule has 31 heavy (non-hydrogen) atoms. The van der Waals surface area contributed by atoms with E-state index in [1.54, 1.807) is 9.80 Å². The van der Waals surface area contributed by atoms with E-state index >= 15 is 0 Å². The fourth-order valence-electron chi connectivity index (χ4n) is 5.01. The van der Waals surface area contributed by atoms with E-state index in [1.807, 2.05) is 12.1 Å². The zero-order valence-corrected chi connectivity index (χ0v) is 17.3. The van der Waals surface area contributed by atoms with Gasteiger partial charge in [-0.3, -0.25) is 15.8 Å². The van der Waals surface area contributed by atoms with Crippen LogP contribution < -0.4 is 21.1 Å². The van der Waals surface area contributed by atoms with Crippen molar-refractivity contribution in [1.29, 1.82) is 0 Å². The van der Waals surface area contributed by atoms with E-state index in [9.17, 15) is 13.6 Å². The molecule has 0 unspecified atom stereocenters. The number of carbonyl (C=O) groups is 1. The molecule has 0 aliphatic carbocycles. The Morgan fingerprint density at radius 3 is 2.42 bits per heavy atom. The number of hydrazine groups is 1. The summed E-state index contributed by atoms with van der Waals surface area (Å²) in [5, 5.41) is 3.35. The molecule has 2 amide bonds. The molecule has 0 atom stereocenters. The summed E-state index contributed by atoms with van der Waals surface area (Å²) in [6, 6.07) is 11.4. The fraction of sp³-hybridized carbons (Fsp3) is 0.435. The number of halogens is 2. The lowest BCUT2D eigenvalue weighted by molar-refractivity contribution is 0.118. The lowest BCUT2D eigenvalue weighted by Crippen LogP contribution is -2.53. The number of nitrogens with one attached hydrogen (secondary N) is 3. The molecule has 1 spiro atoms. The Labute approximate surface area is 180 Å². The molecule has 6 nitrogen and oxygen atoms in total. The lowest BCUT2D eigenvalue weighted by atomic mass is 9.87. The normalized spacial score (nSPS) is 21.4. The first-order valence-corrected chi connectivity index (χ1v) is 10.9. The highest BCUT2D eigenvalue weighted by Gasteiger charge is 2.50. The summed E-state index contributed by atoms with van der Waals surface area (Å²) in [6.45, 7) is 3.97. The van der Waals surface area contributed by atoms with Gasteiger partial charge >= 0.3 is 6.03 Å². The van der Waals surface area contributed by atoms with Crippen LogP contribution in [0.5, 0.6) is 0 Å². The van der Waals surface area contributed by atoms with E-state index in [0.717, 1.165) is 56.8 Å². The number of piperidine rings is 1. The van der Waals surface area contributed by atoms with Gasteiger partial charge in [0, 0.05) is 30.3 Å². The van der Waals surface area contributed by atoms with Crippen molar-refractivity contribution in [1.82, 2.24) is 21.1 Å². The van der Waals surface area contributed by atoms with Gasteiger partial charge in [-0.25, -0.2) is 13.6 Å². The van der Waals surface area contributed by atoms with Crippen LogP contribution in [-0.2, 0) is 6.54 Å². The molecule has 3 fully saturated rings. The smallest absolute Gasteiger partial charge is 0.317 e. The standard InChI is InChI=1S/C23H27F2N5O/c24-19-3-6-21(25)17(11-19)14-30-22(31)29(15-23(30)7-9-26-10-8-23)20-4-1-16(2-5-20)18-12-27-28-13-18/h1-6,11,18,26-28H,7-10,12-15H2. The first-order valence-electron chi connectivity index (χ1n) is 10.9. The Balaban J connectivity index is 1.43. The Morgan fingerprint density at radius 2 is 1.71 bits per heavy atom. The zero-order chi connectivity index (χ0) is 21.4. The first-order chi connectivity index (χ1) is 15.1. The van der Waals surface area contributed by atoms with Crippen LogP contribution in [0, 0.1) is 11.6 Å². The van der Waals surface area contributed by atoms with Gasteiger partial charge in [0.15, 0.2) is 0 Å². The molecule has 2 aromatic rings. The highest BCUT2D eigenvalue weighted by atomic mass is 19.1. The second-order valence-corrected chi connectivity index (χ2v) is 8.72. The number of anilines is 1. The van der Waals surface area contributed by atoms with Crippen LogP contribution >= 0.6 is 0 Å². The third-order valence-electron chi connectivity index (χ3n) is 6.86. The molecule has 8 heteroatoms. The molecule has 164 valence electrons. The predicted octanol–water partition coefficient (Wildman–Crippen LogP) is 2.72. The number of nitrogens with zero attached hydrogens (tertiary/aromatic N) is 2. The van der Waals surface area contributed by atoms with Crippen LogP contribution in [0.2, 0.25) is 0 Å². The number of rotatable bonds is 4. The molecule has 3 N–H and O–H groups in total. The van der Waals surface area contributed by atoms with Gasteiger partial charge in [0.1, 0.15) is 11.6 Å². The summed E-state index contributed by atoms with van der Waals surface area (Å²) < 4.78 is 28.1. The van der Waals surface area contributed by atoms with E-state index in [4.69, 9.17) is 0 Å². The van der Waals surface area contributed by atoms with Crippen LogP contribution in [0.25, 0.3) is 0 Å². The third-order valence-corrected chi connectivity index (χ3v) is 6.86. The minimum Gasteiger partial charge on any atom is -0.317 e. The quantitative estimate of drug-likeness (QED) is 0.702. The highest BCUT2D eigenvalue weighted by Crippen LogP contribution is 2.38. The minimum absolute atomic E-state index is 0.0659. The summed E-state index contributed by atoms with van der Waals surface area (Å²) in [7, 11) is 0. The Kier molecular flexibility index (Phi) is 5.37. The van der Waals surface area contributed by atoms with Gasteiger partial charge < -0.3 is 10.2 Å². The van der Waals surface area contributed by atoms with Crippen molar-refractivity contribution in [3.05, 3.63) is 65.2 Å². The maximum absolute atomic E-state index is 14.4. The molecule has 0 saturated carbocycles. The van der Waals surface area contributed by atoms with Crippen LogP contribution in [0.3, 0.4) is 0 Å². The Hall–Kier alpha value is -2.55. The molecule has 0 bridgehead atoms. The van der Waals surface area contributed by atoms with Crippen molar-refractivity contribution in [2.45, 2.75) is 30.8 Å². The van der Waals surface area contributed by atoms with Gasteiger partial charge in [0.25, 0.3) is 0 Å². The van der Waals surface area contributed by atoms with Crippen LogP contribution in [-0.4, -0.2) is 49.2 Å². The van der Waals surface area contributed by atoms with Crippen molar-refractivity contribution < 1.29 is 13.6 Å². The van der Waals surface area contributed by atoms with Gasteiger partial charge in [-0.2, -0.15) is 0 Å². The topological polar surface area (TPSA) is 59.6 Å². The number of benzene rings is 2. The van der Waals surface area contributed by atoms with Gasteiger partial charge in [0.2, 0.25) is 0 Å². The van der Waals surface area contributed by atoms with Gasteiger partial charge in [-0.05, 0) is 61.8 Å². The average molecular weight is 427 g/mol. The second kappa shape index (κ2) is 8.18. The molecule has 0 aromatic heterocycles. The molecule has 0 radical (unpaired) electrons. The summed E-state index contributed by atoms with van der Waals surface area (Å²) in [5.74, 6) is -0.572. The summed E-state index contributed by atoms with van der Waals surface area (Å²) >= 11 is 0. The number of hydrogen-bond acceptors (Lipinski definition) is 4. The molecule has 3 aliphatic heterocycles. The minimum atomic E-state index is -0.495. The third kappa shape index (κ3) is 3.79. The summed E-state index contributed by atoms with van der Waals surface area (Å²) in [5.41, 5.74) is 8.17. The van der Waals surface area contributed by atoms with Crippen molar-refractivity contribution >= 4 is 11.7 Å². The number of urea groups is 1. The average Bonchev–Trinajstić information content (AvgIpc) is 3.41. The van der Waals surface area contributed by atoms with Crippen LogP contribution in [0.15, 0.2) is 42.5 Å². The van der Waals surface area contributed by atoms with E-state index in [1.165, 1.54) is 11.6 Å². The molecular weight excluding hydrogens is 400 g/mol. The maximum atomic E-state index is 14.4. The summed E-state index contributed by atoms with van der Waals surface area (Å²) in [4.78, 5) is 17.1. The van der Waals surface area contributed by atoms with Crippen LogP contribution in [0.1, 0.15) is 29.9 Å². The fourth-order valence-corrected chi connectivity index (χ4v) is 5.01. The van der Waals surface area contributed by atoms with Crippen molar-refractivity contribution in [3.63, 3.8) is 0 Å². The van der Waals surface area contributed by atoms with E-state index in [2.05, 4.69) is 28.3 Å². The van der Waals surface area contributed by atoms with Gasteiger partial charge in [-0.15, -0.1) is 0 Å². The zero-order valence-electron chi connectivity index (χ0n) is 17.3. The maximum Gasteiger partial charge on any atom is 0.325 e. The first kappa shape index (κ1) is 20.4. The number of carbonyl (C=O) groups excluding carboxylic acids is 1. The monoisotopic (exact) mass is 427 g/mol. The molecular formula is C23H27F2N5O. The molecule has 5 rings (SSSR count). The molecule has 3 heterocycles. The van der Waals surface area contributed by atoms with E-state index in [0.29, 0.717) is 12.5 Å². The van der Waals surface area contributed by atoms with E-state index in [-0.39, 0.29) is 23.7 Å². The second-order valence-electron chi connectivity index (χ2n) is 8.72. The van der Waals surface area contributed by atoms with Crippen molar-refractivity contribution in [2.24, 2.45) is 0 Å². The highest BCUT2D eigenvalue weighted by molar-refractivity contribution is 5.95. The largest absolute Gasteiger partial charge is 0.325 e. The predicted molar refractivity (Wildman–Crippen MR) is 115 cm³/mol. The molecule has 3 aliphatic rings. The Bertz CT molecular complexity index is 955. The summed E-state index contributed by atoms with van der Waals surface area (Å²) in [6.07, 6.45) is 1.56. The van der Waals surface area contributed by atoms with E-state index < -0.39 is 11.6 Å². The number of amides is 2. The molecule has 3 saturated heterocycles.